The molecule has 3 aromatic rings. The smallest absolute Gasteiger partial charge is 0.414 e. The number of aromatic nitrogens is 3. The fourth-order valence-corrected chi connectivity index (χ4v) is 2.87. The Bertz CT molecular complexity index is 1040. The topological polar surface area (TPSA) is 122 Å². The molecule has 2 aromatic heterocycles. The van der Waals surface area contributed by atoms with Crippen molar-refractivity contribution in [3.63, 3.8) is 0 Å². The lowest BCUT2D eigenvalue weighted by Crippen LogP contribution is -2.25. The monoisotopic (exact) mass is 383 g/mol. The Morgan fingerprint density at radius 2 is 2.32 bits per heavy atom. The summed E-state index contributed by atoms with van der Waals surface area (Å²) in [6.07, 6.45) is 5.36. The first-order chi connectivity index (χ1) is 13.6. The number of nitrogens with zero attached hydrogens (tertiary/aromatic N) is 7. The Morgan fingerprint density at radius 1 is 1.43 bits per heavy atom. The molecule has 1 aliphatic heterocycles. The number of carbonyl (C=O) groups is 1. The third-order valence-electron chi connectivity index (χ3n) is 4.17. The van der Waals surface area contributed by atoms with Gasteiger partial charge in [0.2, 0.25) is 5.89 Å². The number of hydrogen-bond acceptors (Lipinski definition) is 6. The molecule has 1 saturated heterocycles. The van der Waals surface area contributed by atoms with Crippen molar-refractivity contribution >= 4 is 11.8 Å². The maximum Gasteiger partial charge on any atom is 0.414 e. The molecule has 1 fully saturated rings. The molecule has 1 atom stereocenters. The molecule has 0 bridgehead atoms. The summed E-state index contributed by atoms with van der Waals surface area (Å²) in [6.45, 7) is 0.648. The van der Waals surface area contributed by atoms with E-state index in [9.17, 15) is 9.18 Å². The van der Waals surface area contributed by atoms with Crippen LogP contribution in [0.3, 0.4) is 0 Å². The highest BCUT2D eigenvalue weighted by molar-refractivity contribution is 5.90. The summed E-state index contributed by atoms with van der Waals surface area (Å²) in [7, 11) is 0. The lowest BCUT2D eigenvalue weighted by molar-refractivity contribution is 0.145. The molecular formula is C17H14FN7O3. The minimum Gasteiger partial charge on any atom is -0.444 e. The fourth-order valence-electron chi connectivity index (χ4n) is 2.87. The van der Waals surface area contributed by atoms with E-state index < -0.39 is 18.0 Å². The number of cyclic esters (lactones) is 1. The van der Waals surface area contributed by atoms with Crippen LogP contribution in [0.1, 0.15) is 5.69 Å². The summed E-state index contributed by atoms with van der Waals surface area (Å²) >= 11 is 0. The van der Waals surface area contributed by atoms with Gasteiger partial charge in [-0.15, -0.1) is 0 Å². The maximum absolute atomic E-state index is 14.6. The highest BCUT2D eigenvalue weighted by atomic mass is 19.1. The van der Waals surface area contributed by atoms with E-state index in [-0.39, 0.29) is 24.5 Å². The SMILES string of the molecule is [N-]=[N+]=NCC1CN(c2ccc(-c3nc(Cn4ccnc4)co3)c(F)c2)C(=O)O1. The average Bonchev–Trinajstić information content (AvgIpc) is 3.42. The van der Waals surface area contributed by atoms with Gasteiger partial charge >= 0.3 is 6.09 Å². The van der Waals surface area contributed by atoms with E-state index in [1.807, 2.05) is 4.57 Å². The highest BCUT2D eigenvalue weighted by Gasteiger charge is 2.32. The van der Waals surface area contributed by atoms with E-state index >= 15 is 0 Å². The molecular weight excluding hydrogens is 369 g/mol. The van der Waals surface area contributed by atoms with Crippen molar-refractivity contribution in [2.45, 2.75) is 12.6 Å². The van der Waals surface area contributed by atoms with Crippen molar-refractivity contribution in [1.29, 1.82) is 0 Å². The first-order valence-electron chi connectivity index (χ1n) is 8.33. The van der Waals surface area contributed by atoms with E-state index in [2.05, 4.69) is 20.0 Å². The second-order valence-electron chi connectivity index (χ2n) is 6.07. The van der Waals surface area contributed by atoms with E-state index in [0.717, 1.165) is 0 Å². The van der Waals surface area contributed by atoms with Crippen molar-refractivity contribution in [2.75, 3.05) is 18.0 Å². The maximum atomic E-state index is 14.6. The van der Waals surface area contributed by atoms with Crippen LogP contribution in [0.5, 0.6) is 0 Å². The molecule has 0 spiro atoms. The second kappa shape index (κ2) is 7.41. The number of azide groups is 1. The number of oxazole rings is 1. The minimum atomic E-state index is -0.621. The van der Waals surface area contributed by atoms with E-state index in [0.29, 0.717) is 17.9 Å². The number of ether oxygens (including phenoxy) is 1. The summed E-state index contributed by atoms with van der Waals surface area (Å²) < 4.78 is 26.9. The van der Waals surface area contributed by atoms with Gasteiger partial charge in [-0.25, -0.2) is 19.2 Å². The summed E-state index contributed by atoms with van der Waals surface area (Å²) in [5.41, 5.74) is 9.50. The standard InChI is InChI=1S/C17H14FN7O3/c18-15-5-12(25-8-13(6-21-23-19)28-17(25)26)1-2-14(15)16-22-11(9-27-16)7-24-4-3-20-10-24/h1-5,9-10,13H,6-8H2. The van der Waals surface area contributed by atoms with Gasteiger partial charge in [-0.1, -0.05) is 5.11 Å². The first-order valence-corrected chi connectivity index (χ1v) is 8.33. The van der Waals surface area contributed by atoms with Crippen molar-refractivity contribution in [3.05, 3.63) is 65.1 Å². The van der Waals surface area contributed by atoms with Gasteiger partial charge in [0, 0.05) is 17.3 Å². The van der Waals surface area contributed by atoms with Crippen LogP contribution < -0.4 is 4.90 Å². The van der Waals surface area contributed by atoms with Crippen LogP contribution >= 0.6 is 0 Å². The Hall–Kier alpha value is -3.85. The minimum absolute atomic E-state index is 0.0231. The second-order valence-corrected chi connectivity index (χ2v) is 6.07. The molecule has 0 N–H and O–H groups in total. The van der Waals surface area contributed by atoms with Crippen LogP contribution in [-0.2, 0) is 11.3 Å². The molecule has 28 heavy (non-hydrogen) atoms. The molecule has 1 aliphatic rings. The van der Waals surface area contributed by atoms with Gasteiger partial charge in [0.05, 0.1) is 42.9 Å². The first kappa shape index (κ1) is 17.6. The lowest BCUT2D eigenvalue weighted by atomic mass is 10.1. The Morgan fingerprint density at radius 3 is 3.07 bits per heavy atom. The quantitative estimate of drug-likeness (QED) is 0.367. The largest absolute Gasteiger partial charge is 0.444 e. The van der Waals surface area contributed by atoms with Crippen LogP contribution in [0, 0.1) is 5.82 Å². The van der Waals surface area contributed by atoms with Gasteiger partial charge in [0.25, 0.3) is 0 Å². The number of halogens is 1. The van der Waals surface area contributed by atoms with Crippen molar-refractivity contribution < 1.29 is 18.3 Å². The Balaban J connectivity index is 1.51. The normalized spacial score (nSPS) is 16.1. The zero-order valence-corrected chi connectivity index (χ0v) is 14.5. The summed E-state index contributed by atoms with van der Waals surface area (Å²) in [5, 5.41) is 3.39. The summed E-state index contributed by atoms with van der Waals surface area (Å²) in [6, 6.07) is 4.28. The van der Waals surface area contributed by atoms with Gasteiger partial charge in [-0.2, -0.15) is 0 Å². The molecule has 0 saturated carbocycles. The molecule has 0 aliphatic carbocycles. The molecule has 10 nitrogen and oxygen atoms in total. The van der Waals surface area contributed by atoms with Crippen LogP contribution in [0.4, 0.5) is 14.9 Å². The predicted octanol–water partition coefficient (Wildman–Crippen LogP) is 3.36. The molecule has 1 unspecified atom stereocenters. The van der Waals surface area contributed by atoms with E-state index in [1.54, 1.807) is 24.8 Å². The molecule has 3 heterocycles. The van der Waals surface area contributed by atoms with Crippen LogP contribution in [-0.4, -0.2) is 39.8 Å². The Kier molecular flexibility index (Phi) is 4.65. The predicted molar refractivity (Wildman–Crippen MR) is 94.9 cm³/mol. The zero-order valence-electron chi connectivity index (χ0n) is 14.5. The summed E-state index contributed by atoms with van der Waals surface area (Å²) in [4.78, 5) is 24.1. The molecule has 11 heteroatoms. The van der Waals surface area contributed by atoms with Crippen LogP contribution in [0.25, 0.3) is 21.9 Å². The molecule has 142 valence electrons. The number of carbonyl (C=O) groups excluding carboxylic acids is 1. The average molecular weight is 383 g/mol. The van der Waals surface area contributed by atoms with Gasteiger partial charge in [-0.3, -0.25) is 4.90 Å². The molecule has 1 aromatic carbocycles. The zero-order chi connectivity index (χ0) is 19.5. The van der Waals surface area contributed by atoms with Crippen LogP contribution in [0.2, 0.25) is 0 Å². The molecule has 4 rings (SSSR count). The van der Waals surface area contributed by atoms with E-state index in [1.165, 1.54) is 23.3 Å². The molecule has 0 radical (unpaired) electrons. The van der Waals surface area contributed by atoms with E-state index in [4.69, 9.17) is 14.7 Å². The van der Waals surface area contributed by atoms with Gasteiger partial charge < -0.3 is 13.7 Å². The Labute approximate surface area is 157 Å². The number of rotatable bonds is 6. The van der Waals surface area contributed by atoms with Crippen molar-refractivity contribution in [2.24, 2.45) is 5.11 Å². The number of hydrogen-bond donors (Lipinski definition) is 0. The van der Waals surface area contributed by atoms with Gasteiger partial charge in [-0.05, 0) is 23.7 Å². The number of imidazole rings is 1. The van der Waals surface area contributed by atoms with Crippen molar-refractivity contribution in [3.8, 4) is 11.5 Å². The number of anilines is 1. The summed E-state index contributed by atoms with van der Waals surface area (Å²) in [5.74, 6) is -0.441. The third kappa shape index (κ3) is 3.51. The highest BCUT2D eigenvalue weighted by Crippen LogP contribution is 2.29. The lowest BCUT2D eigenvalue weighted by Gasteiger charge is -2.13. The van der Waals surface area contributed by atoms with Crippen LogP contribution in [0.15, 0.2) is 52.7 Å². The fraction of sp³-hybridized carbons (Fsp3) is 0.235. The van der Waals surface area contributed by atoms with Crippen molar-refractivity contribution in [1.82, 2.24) is 14.5 Å². The third-order valence-corrected chi connectivity index (χ3v) is 4.17. The molecule has 1 amide bonds. The number of benzene rings is 1. The number of amides is 1. The van der Waals surface area contributed by atoms with Gasteiger partial charge in [0.1, 0.15) is 18.2 Å². The van der Waals surface area contributed by atoms with Gasteiger partial charge in [0.15, 0.2) is 0 Å².